The molecule has 2 amide bonds. The van der Waals surface area contributed by atoms with E-state index < -0.39 is 17.0 Å². The van der Waals surface area contributed by atoms with Crippen molar-refractivity contribution in [3.8, 4) is 0 Å². The lowest BCUT2D eigenvalue weighted by Gasteiger charge is -2.23. The van der Waals surface area contributed by atoms with Gasteiger partial charge in [-0.05, 0) is 30.7 Å². The Hall–Kier alpha value is -3.68. The third-order valence-corrected chi connectivity index (χ3v) is 4.67. The lowest BCUT2D eigenvalue weighted by molar-refractivity contribution is -0.118. The van der Waals surface area contributed by atoms with E-state index in [4.69, 9.17) is 5.73 Å². The van der Waals surface area contributed by atoms with Crippen LogP contribution in [0.25, 0.3) is 11.0 Å². The van der Waals surface area contributed by atoms with Crippen molar-refractivity contribution in [2.45, 2.75) is 26.4 Å². The molecule has 0 aliphatic heterocycles. The number of hydrogen-bond donors (Lipinski definition) is 2. The molecule has 8 nitrogen and oxygen atoms in total. The fourth-order valence-corrected chi connectivity index (χ4v) is 3.21. The lowest BCUT2D eigenvalue weighted by atomic mass is 10.1. The van der Waals surface area contributed by atoms with Crippen LogP contribution in [0.15, 0.2) is 58.1 Å². The van der Waals surface area contributed by atoms with Gasteiger partial charge in [-0.15, -0.1) is 0 Å². The van der Waals surface area contributed by atoms with Crippen molar-refractivity contribution in [1.82, 2.24) is 14.5 Å². The maximum Gasteiger partial charge on any atom is 0.316 e. The smallest absolute Gasteiger partial charge is 0.316 e. The van der Waals surface area contributed by atoms with E-state index in [0.29, 0.717) is 29.7 Å². The number of aromatic amines is 1. The number of carbonyl (C=O) groups is 2. The predicted molar refractivity (Wildman–Crippen MR) is 109 cm³/mol. The molecule has 1 heterocycles. The number of nitrogens with one attached hydrogen (secondary N) is 1. The number of nitrogens with zero attached hydrogens (tertiary/aromatic N) is 2. The van der Waals surface area contributed by atoms with Gasteiger partial charge in [-0.2, -0.15) is 0 Å². The summed E-state index contributed by atoms with van der Waals surface area (Å²) < 4.78 is 1.36. The molecule has 0 radical (unpaired) electrons. The third-order valence-electron chi connectivity index (χ3n) is 4.67. The van der Waals surface area contributed by atoms with Gasteiger partial charge < -0.3 is 20.2 Å². The molecule has 0 saturated heterocycles. The minimum Gasteiger partial charge on any atom is -0.370 e. The first-order valence-electron chi connectivity index (χ1n) is 9.29. The summed E-state index contributed by atoms with van der Waals surface area (Å²) in [6.07, 6.45) is 0.0400. The molecule has 1 aromatic heterocycles. The summed E-state index contributed by atoms with van der Waals surface area (Å²) in [5.74, 6) is -0.794. The molecule has 2 aromatic carbocycles. The highest BCUT2D eigenvalue weighted by Gasteiger charge is 2.18. The quantitative estimate of drug-likeness (QED) is 0.586. The van der Waals surface area contributed by atoms with Crippen LogP contribution in [0, 0.1) is 0 Å². The van der Waals surface area contributed by atoms with E-state index in [1.54, 1.807) is 25.1 Å². The minimum atomic E-state index is -0.737. The molecule has 0 atom stereocenters. The maximum absolute atomic E-state index is 13.1. The van der Waals surface area contributed by atoms with E-state index in [-0.39, 0.29) is 18.9 Å². The molecular formula is C21H22N4O4. The molecule has 3 aromatic rings. The van der Waals surface area contributed by atoms with Crippen molar-refractivity contribution in [3.63, 3.8) is 0 Å². The van der Waals surface area contributed by atoms with E-state index in [1.165, 1.54) is 9.47 Å². The van der Waals surface area contributed by atoms with Crippen LogP contribution >= 0.6 is 0 Å². The third kappa shape index (κ3) is 4.43. The summed E-state index contributed by atoms with van der Waals surface area (Å²) in [6, 6.07) is 14.2. The molecule has 0 saturated carbocycles. The lowest BCUT2D eigenvalue weighted by Crippen LogP contribution is -2.36. The van der Waals surface area contributed by atoms with Crippen LogP contribution in [-0.2, 0) is 17.9 Å². The number of hydrogen-bond acceptors (Lipinski definition) is 4. The number of carbonyl (C=O) groups excluding carboxylic acids is 2. The average Bonchev–Trinajstić information content (AvgIpc) is 2.72. The molecule has 150 valence electrons. The number of fused-ring (bicyclic) bond motifs is 1. The van der Waals surface area contributed by atoms with Crippen molar-refractivity contribution < 1.29 is 9.59 Å². The monoisotopic (exact) mass is 394 g/mol. The first-order chi connectivity index (χ1) is 13.9. The van der Waals surface area contributed by atoms with Gasteiger partial charge in [-0.3, -0.25) is 19.2 Å². The van der Waals surface area contributed by atoms with Crippen molar-refractivity contribution in [1.29, 1.82) is 0 Å². The summed E-state index contributed by atoms with van der Waals surface area (Å²) in [6.45, 7) is 2.60. The van der Waals surface area contributed by atoms with Crippen LogP contribution in [0.1, 0.15) is 29.3 Å². The van der Waals surface area contributed by atoms with Gasteiger partial charge in [0, 0.05) is 31.6 Å². The minimum absolute atomic E-state index is 0.0400. The van der Waals surface area contributed by atoms with Crippen molar-refractivity contribution in [2.75, 3.05) is 6.54 Å². The van der Waals surface area contributed by atoms with Crippen LogP contribution in [0.4, 0.5) is 0 Å². The zero-order chi connectivity index (χ0) is 21.0. The highest BCUT2D eigenvalue weighted by molar-refractivity contribution is 5.97. The normalized spacial score (nSPS) is 10.8. The second-order valence-corrected chi connectivity index (χ2v) is 6.66. The highest BCUT2D eigenvalue weighted by Crippen LogP contribution is 2.16. The first-order valence-corrected chi connectivity index (χ1v) is 9.29. The summed E-state index contributed by atoms with van der Waals surface area (Å²) in [7, 11) is 0. The number of H-pyrrole nitrogens is 1. The second kappa shape index (κ2) is 8.55. The Balaban J connectivity index is 1.98. The van der Waals surface area contributed by atoms with Crippen LogP contribution in [-0.4, -0.2) is 32.8 Å². The molecule has 3 N–H and O–H groups in total. The molecule has 0 aliphatic carbocycles. The number of nitrogens with two attached hydrogens (primary N) is 1. The van der Waals surface area contributed by atoms with Gasteiger partial charge in [-0.1, -0.05) is 30.3 Å². The van der Waals surface area contributed by atoms with Crippen LogP contribution in [0.5, 0.6) is 0 Å². The fourth-order valence-electron chi connectivity index (χ4n) is 3.21. The number of amides is 2. The maximum atomic E-state index is 13.1. The van der Waals surface area contributed by atoms with Crippen LogP contribution < -0.4 is 16.9 Å². The Morgan fingerprint density at radius 2 is 1.83 bits per heavy atom. The summed E-state index contributed by atoms with van der Waals surface area (Å²) in [5.41, 5.74) is 6.09. The molecule has 0 bridgehead atoms. The van der Waals surface area contributed by atoms with E-state index >= 15 is 0 Å². The number of aryl methyl sites for hydroxylation is 1. The number of rotatable bonds is 7. The largest absolute Gasteiger partial charge is 0.370 e. The van der Waals surface area contributed by atoms with Crippen molar-refractivity contribution in [2.24, 2.45) is 5.73 Å². The van der Waals surface area contributed by atoms with Gasteiger partial charge in [0.2, 0.25) is 5.91 Å². The molecule has 0 aliphatic rings. The van der Waals surface area contributed by atoms with Crippen molar-refractivity contribution >= 4 is 22.8 Å². The summed E-state index contributed by atoms with van der Waals surface area (Å²) in [4.78, 5) is 52.3. The van der Waals surface area contributed by atoms with Gasteiger partial charge in [0.25, 0.3) is 5.91 Å². The van der Waals surface area contributed by atoms with Crippen molar-refractivity contribution in [3.05, 3.63) is 80.4 Å². The van der Waals surface area contributed by atoms with E-state index in [1.807, 2.05) is 30.3 Å². The second-order valence-electron chi connectivity index (χ2n) is 6.66. The molecule has 0 fully saturated rings. The van der Waals surface area contributed by atoms with E-state index in [2.05, 4.69) is 4.98 Å². The zero-order valence-corrected chi connectivity index (χ0v) is 16.1. The Labute approximate surface area is 166 Å². The Morgan fingerprint density at radius 3 is 2.48 bits per heavy atom. The predicted octanol–water partition coefficient (Wildman–Crippen LogP) is 1.23. The Bertz CT molecular complexity index is 1160. The average molecular weight is 394 g/mol. The summed E-state index contributed by atoms with van der Waals surface area (Å²) in [5, 5.41) is 0. The molecular weight excluding hydrogens is 372 g/mol. The molecule has 8 heteroatoms. The van der Waals surface area contributed by atoms with Gasteiger partial charge in [0.1, 0.15) is 0 Å². The van der Waals surface area contributed by atoms with Gasteiger partial charge in [0.05, 0.1) is 11.0 Å². The molecule has 0 spiro atoms. The van der Waals surface area contributed by atoms with E-state index in [0.717, 1.165) is 5.56 Å². The number of benzene rings is 2. The Morgan fingerprint density at radius 1 is 1.10 bits per heavy atom. The highest BCUT2D eigenvalue weighted by atomic mass is 16.2. The van der Waals surface area contributed by atoms with Gasteiger partial charge in [-0.25, -0.2) is 0 Å². The SMILES string of the molecule is CCn1c(=O)c(=O)[nH]c2cc(C(=O)N(CCC(N)=O)Cc3ccccc3)ccc21. The topological polar surface area (TPSA) is 118 Å². The fraction of sp³-hybridized carbons (Fsp3) is 0.238. The molecule has 29 heavy (non-hydrogen) atoms. The number of primary amides is 1. The first kappa shape index (κ1) is 20.1. The molecule has 3 rings (SSSR count). The van der Waals surface area contributed by atoms with Gasteiger partial charge >= 0.3 is 11.1 Å². The number of aromatic nitrogens is 2. The van der Waals surface area contributed by atoms with Crippen LogP contribution in [0.2, 0.25) is 0 Å². The van der Waals surface area contributed by atoms with E-state index in [9.17, 15) is 19.2 Å². The summed E-state index contributed by atoms with van der Waals surface area (Å²) >= 11 is 0. The van der Waals surface area contributed by atoms with Gasteiger partial charge in [0.15, 0.2) is 0 Å². The standard InChI is InChI=1S/C21H22N4O4/c1-2-25-17-9-8-15(12-16(17)23-19(27)21(25)29)20(28)24(11-10-18(22)26)13-14-6-4-3-5-7-14/h3-9,12H,2,10-11,13H2,1H3,(H2,22,26)(H,23,27). The Kier molecular flexibility index (Phi) is 5.92. The molecule has 0 unspecified atom stereocenters. The van der Waals surface area contributed by atoms with Crippen LogP contribution in [0.3, 0.4) is 0 Å². The zero-order valence-electron chi connectivity index (χ0n) is 16.1.